The van der Waals surface area contributed by atoms with E-state index in [0.717, 1.165) is 38.2 Å². The molecule has 0 spiro atoms. The van der Waals surface area contributed by atoms with Gasteiger partial charge < -0.3 is 14.2 Å². The number of carbonyl (C=O) groups is 1. The molecule has 0 aromatic heterocycles. The maximum Gasteiger partial charge on any atom is 0.338 e. The number of ether oxygens (including phenoxy) is 3. The number of hydrogen-bond acceptors (Lipinski definition) is 4. The van der Waals surface area contributed by atoms with Crippen LogP contribution in [0, 0.1) is 6.92 Å². The van der Waals surface area contributed by atoms with Crippen molar-refractivity contribution >= 4 is 27.5 Å². The first kappa shape index (κ1) is 19.8. The Morgan fingerprint density at radius 3 is 2.07 bits per heavy atom. The van der Waals surface area contributed by atoms with Crippen LogP contribution in [-0.2, 0) is 4.74 Å². The predicted molar refractivity (Wildman–Crippen MR) is 121 cm³/mol. The molecule has 0 heterocycles. The van der Waals surface area contributed by atoms with E-state index in [1.807, 2.05) is 55.5 Å². The number of carbonyl (C=O) groups excluding carboxylic acids is 1. The fourth-order valence-corrected chi connectivity index (χ4v) is 4.06. The van der Waals surface area contributed by atoms with Crippen molar-refractivity contribution < 1.29 is 19.0 Å². The third kappa shape index (κ3) is 3.24. The van der Waals surface area contributed by atoms with E-state index in [1.54, 1.807) is 14.2 Å². The second kappa shape index (κ2) is 8.07. The average molecular weight is 400 g/mol. The predicted octanol–water partition coefficient (Wildman–Crippen LogP) is 6.16. The highest BCUT2D eigenvalue weighted by Crippen LogP contribution is 2.43. The van der Waals surface area contributed by atoms with E-state index in [2.05, 4.69) is 19.1 Å². The fourth-order valence-electron chi connectivity index (χ4n) is 4.06. The van der Waals surface area contributed by atoms with Crippen LogP contribution in [-0.4, -0.2) is 26.8 Å². The summed E-state index contributed by atoms with van der Waals surface area (Å²) in [6.45, 7) is 4.27. The van der Waals surface area contributed by atoms with E-state index in [0.29, 0.717) is 23.7 Å². The summed E-state index contributed by atoms with van der Waals surface area (Å²) < 4.78 is 16.4. The molecule has 0 fully saturated rings. The van der Waals surface area contributed by atoms with Gasteiger partial charge >= 0.3 is 5.97 Å². The molecule has 0 atom stereocenters. The number of aryl methyl sites for hydroxylation is 1. The number of hydrogen-bond donors (Lipinski definition) is 0. The van der Waals surface area contributed by atoms with Gasteiger partial charge in [0.15, 0.2) is 11.5 Å². The minimum absolute atomic E-state index is 0.321. The third-order valence-electron chi connectivity index (χ3n) is 5.46. The molecule has 152 valence electrons. The van der Waals surface area contributed by atoms with Gasteiger partial charge in [-0.1, -0.05) is 36.4 Å². The van der Waals surface area contributed by atoms with Crippen molar-refractivity contribution in [2.75, 3.05) is 20.8 Å². The zero-order valence-corrected chi connectivity index (χ0v) is 17.6. The highest BCUT2D eigenvalue weighted by Gasteiger charge is 2.18. The van der Waals surface area contributed by atoms with Crippen LogP contribution in [0.15, 0.2) is 60.7 Å². The lowest BCUT2D eigenvalue weighted by atomic mass is 9.88. The van der Waals surface area contributed by atoms with Gasteiger partial charge in [0.2, 0.25) is 0 Å². The maximum absolute atomic E-state index is 12.4. The van der Waals surface area contributed by atoms with Crippen LogP contribution >= 0.6 is 0 Å². The number of methoxy groups -OCH3 is 2. The van der Waals surface area contributed by atoms with E-state index in [1.165, 1.54) is 0 Å². The monoisotopic (exact) mass is 400 g/mol. The molecule has 0 amide bonds. The van der Waals surface area contributed by atoms with Crippen molar-refractivity contribution in [1.29, 1.82) is 0 Å². The smallest absolute Gasteiger partial charge is 0.338 e. The Labute approximate surface area is 176 Å². The van der Waals surface area contributed by atoms with Crippen LogP contribution < -0.4 is 9.47 Å². The Morgan fingerprint density at radius 2 is 1.43 bits per heavy atom. The summed E-state index contributed by atoms with van der Waals surface area (Å²) in [6, 6.07) is 20.0. The highest BCUT2D eigenvalue weighted by molar-refractivity contribution is 6.17. The van der Waals surface area contributed by atoms with E-state index >= 15 is 0 Å². The van der Waals surface area contributed by atoms with Crippen LogP contribution in [0.3, 0.4) is 0 Å². The molecule has 4 heteroatoms. The molecule has 4 aromatic carbocycles. The SMILES string of the molecule is CCOC(=O)c1ccc2c(C)c(-c3ccccc3)c3cc(OC)c(OC)cc3c2c1. The summed E-state index contributed by atoms with van der Waals surface area (Å²) in [4.78, 5) is 12.4. The molecule has 0 unspecified atom stereocenters. The molecule has 0 saturated carbocycles. The van der Waals surface area contributed by atoms with E-state index in [4.69, 9.17) is 14.2 Å². The number of esters is 1. The second-order valence-corrected chi connectivity index (χ2v) is 7.10. The third-order valence-corrected chi connectivity index (χ3v) is 5.46. The molecule has 0 aliphatic heterocycles. The molecular formula is C26H24O4. The van der Waals surface area contributed by atoms with Gasteiger partial charge in [-0.15, -0.1) is 0 Å². The Kier molecular flexibility index (Phi) is 5.32. The number of benzene rings is 4. The van der Waals surface area contributed by atoms with Crippen molar-refractivity contribution in [3.8, 4) is 22.6 Å². The number of fused-ring (bicyclic) bond motifs is 3. The van der Waals surface area contributed by atoms with Crippen LogP contribution in [0.2, 0.25) is 0 Å². The van der Waals surface area contributed by atoms with Crippen molar-refractivity contribution in [2.45, 2.75) is 13.8 Å². The summed E-state index contributed by atoms with van der Waals surface area (Å²) in [5, 5.41) is 4.11. The van der Waals surface area contributed by atoms with Gasteiger partial charge in [-0.2, -0.15) is 0 Å². The molecular weight excluding hydrogens is 376 g/mol. The molecule has 0 aliphatic rings. The minimum atomic E-state index is -0.321. The van der Waals surface area contributed by atoms with Crippen LogP contribution in [0.4, 0.5) is 0 Å². The molecule has 4 aromatic rings. The first-order chi connectivity index (χ1) is 14.6. The first-order valence-electron chi connectivity index (χ1n) is 9.93. The van der Waals surface area contributed by atoms with Gasteiger partial charge in [0.05, 0.1) is 26.4 Å². The van der Waals surface area contributed by atoms with Gasteiger partial charge in [-0.25, -0.2) is 4.79 Å². The average Bonchev–Trinajstić information content (AvgIpc) is 2.79. The zero-order chi connectivity index (χ0) is 21.3. The summed E-state index contributed by atoms with van der Waals surface area (Å²) in [5.41, 5.74) is 3.95. The van der Waals surface area contributed by atoms with Gasteiger partial charge in [0.1, 0.15) is 0 Å². The molecule has 30 heavy (non-hydrogen) atoms. The highest BCUT2D eigenvalue weighted by atomic mass is 16.5. The standard InChI is InChI=1S/C26H24O4/c1-5-30-26(27)18-11-12-19-16(2)25(17-9-7-6-8-10-17)22-15-24(29-4)23(28-3)14-21(22)20(19)13-18/h6-15H,5H2,1-4H3. The van der Waals surface area contributed by atoms with Crippen LogP contribution in [0.5, 0.6) is 11.5 Å². The molecule has 0 aliphatic carbocycles. The van der Waals surface area contributed by atoms with E-state index in [-0.39, 0.29) is 5.97 Å². The van der Waals surface area contributed by atoms with E-state index in [9.17, 15) is 4.79 Å². The normalized spacial score (nSPS) is 10.9. The lowest BCUT2D eigenvalue weighted by Crippen LogP contribution is -2.04. The van der Waals surface area contributed by atoms with Crippen molar-refractivity contribution in [2.24, 2.45) is 0 Å². The molecule has 0 bridgehead atoms. The Balaban J connectivity index is 2.15. The summed E-state index contributed by atoms with van der Waals surface area (Å²) >= 11 is 0. The second-order valence-electron chi connectivity index (χ2n) is 7.10. The molecule has 4 rings (SSSR count). The molecule has 0 saturated heterocycles. The number of rotatable bonds is 5. The van der Waals surface area contributed by atoms with Gasteiger partial charge in [0.25, 0.3) is 0 Å². The lowest BCUT2D eigenvalue weighted by Gasteiger charge is -2.18. The van der Waals surface area contributed by atoms with Crippen molar-refractivity contribution in [3.05, 3.63) is 71.8 Å². The lowest BCUT2D eigenvalue weighted by molar-refractivity contribution is 0.0526. The summed E-state index contributed by atoms with van der Waals surface area (Å²) in [5.74, 6) is 0.996. The minimum Gasteiger partial charge on any atom is -0.493 e. The fraction of sp³-hybridized carbons (Fsp3) is 0.192. The summed E-state index contributed by atoms with van der Waals surface area (Å²) in [6.07, 6.45) is 0. The van der Waals surface area contributed by atoms with Gasteiger partial charge in [-0.3, -0.25) is 0 Å². The van der Waals surface area contributed by atoms with E-state index < -0.39 is 0 Å². The zero-order valence-electron chi connectivity index (χ0n) is 17.6. The van der Waals surface area contributed by atoms with Crippen LogP contribution in [0.25, 0.3) is 32.7 Å². The first-order valence-corrected chi connectivity index (χ1v) is 9.93. The maximum atomic E-state index is 12.4. The molecule has 4 nitrogen and oxygen atoms in total. The Hall–Kier alpha value is -3.53. The Bertz CT molecular complexity index is 1240. The van der Waals surface area contributed by atoms with Gasteiger partial charge in [0, 0.05) is 0 Å². The van der Waals surface area contributed by atoms with Crippen molar-refractivity contribution in [1.82, 2.24) is 0 Å². The van der Waals surface area contributed by atoms with Crippen molar-refractivity contribution in [3.63, 3.8) is 0 Å². The summed E-state index contributed by atoms with van der Waals surface area (Å²) in [7, 11) is 3.26. The molecule has 0 N–H and O–H groups in total. The van der Waals surface area contributed by atoms with Gasteiger partial charge in [-0.05, 0) is 76.3 Å². The quantitative estimate of drug-likeness (QED) is 0.297. The Morgan fingerprint density at radius 1 is 0.800 bits per heavy atom. The topological polar surface area (TPSA) is 44.8 Å². The largest absolute Gasteiger partial charge is 0.493 e. The van der Waals surface area contributed by atoms with Crippen LogP contribution in [0.1, 0.15) is 22.8 Å². The molecule has 0 radical (unpaired) electrons.